The number of rotatable bonds is 5. The maximum absolute atomic E-state index is 13.6. The summed E-state index contributed by atoms with van der Waals surface area (Å²) in [5.41, 5.74) is -3.14. The Labute approximate surface area is 164 Å². The third-order valence-corrected chi connectivity index (χ3v) is 5.17. The van der Waals surface area contributed by atoms with Gasteiger partial charge in [0.05, 0.1) is 10.5 Å². The minimum atomic E-state index is -4.86. The van der Waals surface area contributed by atoms with Crippen LogP contribution in [0.25, 0.3) is 11.1 Å². The van der Waals surface area contributed by atoms with Gasteiger partial charge in [-0.3, -0.25) is 0 Å². The highest BCUT2D eigenvalue weighted by Crippen LogP contribution is 2.45. The zero-order valence-electron chi connectivity index (χ0n) is 15.0. The predicted octanol–water partition coefficient (Wildman–Crippen LogP) is 4.67. The molecular weight excluding hydrogens is 421 g/mol. The van der Waals surface area contributed by atoms with Crippen molar-refractivity contribution in [2.24, 2.45) is 0 Å². The summed E-state index contributed by atoms with van der Waals surface area (Å²) in [5, 5.41) is 9.00. The summed E-state index contributed by atoms with van der Waals surface area (Å²) in [4.78, 5) is 11.3. The molecule has 2 aromatic rings. The van der Waals surface area contributed by atoms with Crippen LogP contribution in [0.2, 0.25) is 5.02 Å². The fraction of sp³-hybridized carbons (Fsp3) is 0.278. The molecule has 152 valence electrons. The fourth-order valence-corrected chi connectivity index (χ4v) is 3.16. The van der Waals surface area contributed by atoms with Crippen molar-refractivity contribution in [3.63, 3.8) is 0 Å². The number of hydrogen-bond donors (Lipinski definition) is 1. The number of ether oxygens (including phenoxy) is 1. The third-order valence-electron chi connectivity index (χ3n) is 3.82. The Morgan fingerprint density at radius 2 is 1.64 bits per heavy atom. The zero-order chi connectivity index (χ0) is 21.5. The van der Waals surface area contributed by atoms with E-state index in [-0.39, 0.29) is 21.0 Å². The summed E-state index contributed by atoms with van der Waals surface area (Å²) in [6, 6.07) is 6.88. The molecule has 0 heterocycles. The van der Waals surface area contributed by atoms with E-state index in [1.807, 2.05) is 0 Å². The van der Waals surface area contributed by atoms with Gasteiger partial charge in [-0.25, -0.2) is 13.2 Å². The molecule has 10 heteroatoms. The Morgan fingerprint density at radius 3 is 2.07 bits per heavy atom. The van der Waals surface area contributed by atoms with E-state index in [2.05, 4.69) is 0 Å². The van der Waals surface area contributed by atoms with E-state index < -0.39 is 38.9 Å². The lowest BCUT2D eigenvalue weighted by atomic mass is 10.00. The van der Waals surface area contributed by atoms with Gasteiger partial charge in [0, 0.05) is 16.8 Å². The molecule has 5 nitrogen and oxygen atoms in total. The summed E-state index contributed by atoms with van der Waals surface area (Å²) >= 11 is 5.85. The van der Waals surface area contributed by atoms with Crippen LogP contribution in [0.3, 0.4) is 0 Å². The Kier molecular flexibility index (Phi) is 5.73. The molecular formula is C18H16ClF3O5S. The van der Waals surface area contributed by atoms with Crippen molar-refractivity contribution in [3.05, 3.63) is 47.0 Å². The van der Waals surface area contributed by atoms with Crippen LogP contribution < -0.4 is 4.74 Å². The number of carboxylic acid groups (broad SMARTS) is 1. The molecule has 0 unspecified atom stereocenters. The lowest BCUT2D eigenvalue weighted by molar-refractivity contribution is -0.154. The number of hydrogen-bond acceptors (Lipinski definition) is 4. The maximum atomic E-state index is 13.6. The first-order chi connectivity index (χ1) is 12.6. The lowest BCUT2D eigenvalue weighted by Gasteiger charge is -2.26. The maximum Gasteiger partial charge on any atom is 0.420 e. The van der Waals surface area contributed by atoms with Gasteiger partial charge in [-0.2, -0.15) is 13.2 Å². The predicted molar refractivity (Wildman–Crippen MR) is 97.3 cm³/mol. The van der Waals surface area contributed by atoms with Crippen LogP contribution in [0, 0.1) is 0 Å². The summed E-state index contributed by atoms with van der Waals surface area (Å²) in [6.45, 7) is 2.22. The highest BCUT2D eigenvalue weighted by molar-refractivity contribution is 7.90. The van der Waals surface area contributed by atoms with Gasteiger partial charge in [-0.1, -0.05) is 23.7 Å². The van der Waals surface area contributed by atoms with Gasteiger partial charge >= 0.3 is 12.1 Å². The van der Waals surface area contributed by atoms with E-state index in [0.29, 0.717) is 6.07 Å². The van der Waals surface area contributed by atoms with Crippen molar-refractivity contribution in [1.82, 2.24) is 0 Å². The van der Waals surface area contributed by atoms with E-state index in [0.717, 1.165) is 20.1 Å². The molecule has 0 atom stereocenters. The van der Waals surface area contributed by atoms with E-state index in [1.54, 1.807) is 0 Å². The smallest absolute Gasteiger partial charge is 0.420 e. The van der Waals surface area contributed by atoms with E-state index in [9.17, 15) is 31.5 Å². The van der Waals surface area contributed by atoms with Crippen LogP contribution in [0.15, 0.2) is 41.3 Å². The molecule has 0 radical (unpaired) electrons. The van der Waals surface area contributed by atoms with Crippen LogP contribution in [0.1, 0.15) is 19.4 Å². The van der Waals surface area contributed by atoms with Gasteiger partial charge in [0.2, 0.25) is 0 Å². The zero-order valence-corrected chi connectivity index (χ0v) is 16.5. The number of aliphatic carboxylic acids is 1. The fourth-order valence-electron chi connectivity index (χ4n) is 2.31. The minimum absolute atomic E-state index is 0.0253. The highest BCUT2D eigenvalue weighted by atomic mass is 35.5. The molecule has 2 rings (SSSR count). The first kappa shape index (κ1) is 22.0. The van der Waals surface area contributed by atoms with Crippen LogP contribution in [0.5, 0.6) is 5.75 Å². The van der Waals surface area contributed by atoms with Crippen molar-refractivity contribution in [2.45, 2.75) is 30.5 Å². The second-order valence-corrected chi connectivity index (χ2v) is 8.99. The standard InChI is InChI=1S/C18H16ClF3O5S/c1-17(2,16(23)24)27-15-13(8-11(19)9-14(15)18(20,21)22)10-4-6-12(7-5-10)28(3,25)26/h4-9H,1-3H3,(H,23,24). The van der Waals surface area contributed by atoms with Gasteiger partial charge in [0.15, 0.2) is 15.4 Å². The Morgan fingerprint density at radius 1 is 1.11 bits per heavy atom. The van der Waals surface area contributed by atoms with E-state index in [4.69, 9.17) is 16.3 Å². The quantitative estimate of drug-likeness (QED) is 0.736. The number of alkyl halides is 3. The van der Waals surface area contributed by atoms with Crippen molar-refractivity contribution >= 4 is 27.4 Å². The topological polar surface area (TPSA) is 80.7 Å². The number of sulfone groups is 1. The normalized spacial score (nSPS) is 12.7. The second-order valence-electron chi connectivity index (χ2n) is 6.54. The molecule has 0 aliphatic rings. The van der Waals surface area contributed by atoms with Gasteiger partial charge < -0.3 is 9.84 Å². The summed E-state index contributed by atoms with van der Waals surface area (Å²) in [7, 11) is -3.51. The number of benzene rings is 2. The number of halogens is 4. The van der Waals surface area contributed by atoms with Crippen LogP contribution >= 0.6 is 11.6 Å². The van der Waals surface area contributed by atoms with Gasteiger partial charge in [0.25, 0.3) is 0 Å². The first-order valence-electron chi connectivity index (χ1n) is 7.76. The Bertz CT molecular complexity index is 1010. The van der Waals surface area contributed by atoms with Crippen molar-refractivity contribution in [2.75, 3.05) is 6.26 Å². The minimum Gasteiger partial charge on any atom is -0.478 e. The molecule has 28 heavy (non-hydrogen) atoms. The Balaban J connectivity index is 2.76. The average molecular weight is 437 g/mol. The molecule has 0 saturated carbocycles. The summed E-state index contributed by atoms with van der Waals surface area (Å²) in [5.74, 6) is -2.18. The third kappa shape index (κ3) is 4.77. The van der Waals surface area contributed by atoms with Crippen LogP contribution in [-0.4, -0.2) is 31.4 Å². The monoisotopic (exact) mass is 436 g/mol. The molecule has 0 aliphatic carbocycles. The Hall–Kier alpha value is -2.26. The molecule has 0 spiro atoms. The first-order valence-corrected chi connectivity index (χ1v) is 10.0. The second kappa shape index (κ2) is 7.29. The lowest BCUT2D eigenvalue weighted by Crippen LogP contribution is -2.38. The molecule has 0 aliphatic heterocycles. The molecule has 0 aromatic heterocycles. The van der Waals surface area contributed by atoms with Gasteiger partial charge in [-0.15, -0.1) is 0 Å². The highest BCUT2D eigenvalue weighted by Gasteiger charge is 2.40. The van der Waals surface area contributed by atoms with Gasteiger partial charge in [-0.05, 0) is 43.7 Å². The van der Waals surface area contributed by atoms with Crippen LogP contribution in [0.4, 0.5) is 13.2 Å². The molecule has 0 amide bonds. The molecule has 2 aromatic carbocycles. The summed E-state index contributed by atoms with van der Waals surface area (Å²) in [6.07, 6.45) is -3.87. The molecule has 0 bridgehead atoms. The molecule has 0 saturated heterocycles. The average Bonchev–Trinajstić information content (AvgIpc) is 2.54. The molecule has 0 fully saturated rings. The largest absolute Gasteiger partial charge is 0.478 e. The summed E-state index contributed by atoms with van der Waals surface area (Å²) < 4.78 is 69.1. The number of carbonyl (C=O) groups is 1. The number of carboxylic acids is 1. The van der Waals surface area contributed by atoms with Crippen molar-refractivity contribution < 1.29 is 36.2 Å². The van der Waals surface area contributed by atoms with E-state index in [1.165, 1.54) is 30.3 Å². The van der Waals surface area contributed by atoms with Crippen molar-refractivity contribution in [3.8, 4) is 16.9 Å². The van der Waals surface area contributed by atoms with E-state index >= 15 is 0 Å². The molecule has 1 N–H and O–H groups in total. The van der Waals surface area contributed by atoms with Crippen LogP contribution in [-0.2, 0) is 20.8 Å². The van der Waals surface area contributed by atoms with Crippen molar-refractivity contribution in [1.29, 1.82) is 0 Å². The van der Waals surface area contributed by atoms with Gasteiger partial charge in [0.1, 0.15) is 5.75 Å². The SMILES string of the molecule is CC(C)(Oc1c(-c2ccc(S(C)(=O)=O)cc2)cc(Cl)cc1C(F)(F)F)C(=O)O.